The van der Waals surface area contributed by atoms with E-state index in [9.17, 15) is 0 Å². The van der Waals surface area contributed by atoms with Gasteiger partial charge in [0.25, 0.3) is 0 Å². The molecule has 96 valence electrons. The molecule has 2 aromatic carbocycles. The quantitative estimate of drug-likeness (QED) is 0.698. The molecule has 0 bridgehead atoms. The number of fused-ring (bicyclic) bond motifs is 2. The second kappa shape index (κ2) is 4.88. The molecule has 0 atom stereocenters. The van der Waals surface area contributed by atoms with Crippen molar-refractivity contribution in [2.45, 2.75) is 19.8 Å². The number of hydrogen-bond donors (Lipinski definition) is 1. The fourth-order valence-electron chi connectivity index (χ4n) is 2.49. The van der Waals surface area contributed by atoms with Crippen molar-refractivity contribution in [3.05, 3.63) is 48.0 Å². The van der Waals surface area contributed by atoms with Crippen molar-refractivity contribution in [1.29, 1.82) is 0 Å². The van der Waals surface area contributed by atoms with Gasteiger partial charge in [-0.3, -0.25) is 0 Å². The molecule has 0 fully saturated rings. The molecular formula is C17H18N2. The van der Waals surface area contributed by atoms with E-state index in [1.165, 1.54) is 22.8 Å². The summed E-state index contributed by atoms with van der Waals surface area (Å²) in [4.78, 5) is 4.73. The maximum atomic E-state index is 4.73. The molecule has 0 saturated carbocycles. The summed E-state index contributed by atoms with van der Waals surface area (Å²) >= 11 is 0. The topological polar surface area (TPSA) is 24.9 Å². The second-order valence-electron chi connectivity index (χ2n) is 4.92. The Morgan fingerprint density at radius 1 is 0.947 bits per heavy atom. The normalized spacial score (nSPS) is 11.1. The highest BCUT2D eigenvalue weighted by Gasteiger charge is 2.02. The van der Waals surface area contributed by atoms with Gasteiger partial charge in [0, 0.05) is 23.5 Å². The molecule has 2 heteroatoms. The Hall–Kier alpha value is -2.09. The lowest BCUT2D eigenvalue weighted by molar-refractivity contribution is 0.923. The number of aromatic nitrogens is 1. The number of hydrogen-bond acceptors (Lipinski definition) is 2. The van der Waals surface area contributed by atoms with Gasteiger partial charge in [0.05, 0.1) is 11.0 Å². The SMILES string of the molecule is CCCc1ccc2nc3ccc(NC)cc3cc2c1. The summed E-state index contributed by atoms with van der Waals surface area (Å²) in [5, 5.41) is 5.59. The maximum Gasteiger partial charge on any atom is 0.0711 e. The van der Waals surface area contributed by atoms with E-state index >= 15 is 0 Å². The summed E-state index contributed by atoms with van der Waals surface area (Å²) in [6.45, 7) is 2.21. The van der Waals surface area contributed by atoms with Crippen LogP contribution >= 0.6 is 0 Å². The number of anilines is 1. The summed E-state index contributed by atoms with van der Waals surface area (Å²) in [5.41, 5.74) is 4.64. The Labute approximate surface area is 113 Å². The predicted octanol–water partition coefficient (Wildman–Crippen LogP) is 4.38. The number of nitrogens with zero attached hydrogens (tertiary/aromatic N) is 1. The molecule has 0 unspecified atom stereocenters. The van der Waals surface area contributed by atoms with E-state index in [1.807, 2.05) is 7.05 Å². The highest BCUT2D eigenvalue weighted by atomic mass is 14.8. The van der Waals surface area contributed by atoms with Crippen molar-refractivity contribution in [1.82, 2.24) is 4.98 Å². The van der Waals surface area contributed by atoms with Gasteiger partial charge in [-0.1, -0.05) is 19.4 Å². The van der Waals surface area contributed by atoms with Crippen LogP contribution in [-0.4, -0.2) is 12.0 Å². The van der Waals surface area contributed by atoms with Crippen LogP contribution in [0.15, 0.2) is 42.5 Å². The van der Waals surface area contributed by atoms with E-state index in [4.69, 9.17) is 4.98 Å². The molecule has 1 heterocycles. The van der Waals surface area contributed by atoms with E-state index in [-0.39, 0.29) is 0 Å². The lowest BCUT2D eigenvalue weighted by Gasteiger charge is -2.06. The molecular weight excluding hydrogens is 232 g/mol. The smallest absolute Gasteiger partial charge is 0.0711 e. The van der Waals surface area contributed by atoms with Gasteiger partial charge in [-0.2, -0.15) is 0 Å². The van der Waals surface area contributed by atoms with Crippen molar-refractivity contribution in [2.24, 2.45) is 0 Å². The first kappa shape index (κ1) is 12.0. The Bertz CT molecular complexity index is 732. The first-order valence-electron chi connectivity index (χ1n) is 6.81. The Balaban J connectivity index is 2.20. The van der Waals surface area contributed by atoms with Gasteiger partial charge in [0.1, 0.15) is 0 Å². The molecule has 0 aliphatic heterocycles. The Morgan fingerprint density at radius 3 is 2.42 bits per heavy atom. The van der Waals surface area contributed by atoms with Crippen molar-refractivity contribution in [2.75, 3.05) is 12.4 Å². The molecule has 0 aliphatic carbocycles. The first-order chi connectivity index (χ1) is 9.30. The van der Waals surface area contributed by atoms with Crippen molar-refractivity contribution in [3.8, 4) is 0 Å². The first-order valence-corrected chi connectivity index (χ1v) is 6.81. The lowest BCUT2D eigenvalue weighted by atomic mass is 10.1. The highest BCUT2D eigenvalue weighted by Crippen LogP contribution is 2.23. The van der Waals surface area contributed by atoms with Gasteiger partial charge >= 0.3 is 0 Å². The van der Waals surface area contributed by atoms with Crippen molar-refractivity contribution >= 4 is 27.5 Å². The summed E-state index contributed by atoms with van der Waals surface area (Å²) in [5.74, 6) is 0. The summed E-state index contributed by atoms with van der Waals surface area (Å²) in [7, 11) is 1.94. The van der Waals surface area contributed by atoms with Crippen LogP contribution in [0.25, 0.3) is 21.8 Å². The van der Waals surface area contributed by atoms with Gasteiger partial charge < -0.3 is 5.32 Å². The number of nitrogens with one attached hydrogen (secondary N) is 1. The van der Waals surface area contributed by atoms with Gasteiger partial charge in [0.15, 0.2) is 0 Å². The highest BCUT2D eigenvalue weighted by molar-refractivity contribution is 5.94. The Morgan fingerprint density at radius 2 is 1.68 bits per heavy atom. The molecule has 2 nitrogen and oxygen atoms in total. The van der Waals surface area contributed by atoms with Gasteiger partial charge in [-0.25, -0.2) is 4.98 Å². The van der Waals surface area contributed by atoms with Gasteiger partial charge in [-0.05, 0) is 48.4 Å². The monoisotopic (exact) mass is 250 g/mol. The molecule has 0 saturated heterocycles. The molecule has 1 N–H and O–H groups in total. The summed E-state index contributed by atoms with van der Waals surface area (Å²) in [6, 6.07) is 15.1. The second-order valence-corrected chi connectivity index (χ2v) is 4.92. The van der Waals surface area contributed by atoms with Crippen LogP contribution < -0.4 is 5.32 Å². The van der Waals surface area contributed by atoms with Crippen LogP contribution in [0.4, 0.5) is 5.69 Å². The zero-order valence-electron chi connectivity index (χ0n) is 11.4. The number of pyridine rings is 1. The third kappa shape index (κ3) is 2.26. The van der Waals surface area contributed by atoms with E-state index < -0.39 is 0 Å². The number of rotatable bonds is 3. The molecule has 1 aromatic heterocycles. The molecule has 19 heavy (non-hydrogen) atoms. The van der Waals surface area contributed by atoms with E-state index in [0.717, 1.165) is 23.1 Å². The minimum atomic E-state index is 1.05. The molecule has 0 amide bonds. The average Bonchev–Trinajstić information content (AvgIpc) is 2.45. The molecule has 0 spiro atoms. The third-order valence-corrected chi connectivity index (χ3v) is 3.50. The zero-order valence-corrected chi connectivity index (χ0v) is 11.4. The lowest BCUT2D eigenvalue weighted by Crippen LogP contribution is -1.89. The largest absolute Gasteiger partial charge is 0.388 e. The van der Waals surface area contributed by atoms with Crippen LogP contribution in [-0.2, 0) is 6.42 Å². The average molecular weight is 250 g/mol. The van der Waals surface area contributed by atoms with E-state index in [0.29, 0.717) is 0 Å². The molecule has 3 rings (SSSR count). The zero-order chi connectivity index (χ0) is 13.2. The van der Waals surface area contributed by atoms with Crippen molar-refractivity contribution in [3.63, 3.8) is 0 Å². The predicted molar refractivity (Wildman–Crippen MR) is 82.8 cm³/mol. The molecule has 0 aliphatic rings. The maximum absolute atomic E-state index is 4.73. The van der Waals surface area contributed by atoms with Crippen LogP contribution in [0.5, 0.6) is 0 Å². The fraction of sp³-hybridized carbons (Fsp3) is 0.235. The number of benzene rings is 2. The van der Waals surface area contributed by atoms with E-state index in [1.54, 1.807) is 0 Å². The minimum Gasteiger partial charge on any atom is -0.388 e. The van der Waals surface area contributed by atoms with Crippen molar-refractivity contribution < 1.29 is 0 Å². The standard InChI is InChI=1S/C17H18N2/c1-3-4-12-5-7-16-13(9-12)10-14-11-15(18-2)6-8-17(14)19-16/h5-11,18H,3-4H2,1-2H3. The van der Waals surface area contributed by atoms with Gasteiger partial charge in [-0.15, -0.1) is 0 Å². The Kier molecular flexibility index (Phi) is 3.08. The fourth-order valence-corrected chi connectivity index (χ4v) is 2.49. The van der Waals surface area contributed by atoms with E-state index in [2.05, 4.69) is 54.7 Å². The van der Waals surface area contributed by atoms with Crippen LogP contribution in [0.2, 0.25) is 0 Å². The number of aryl methyl sites for hydroxylation is 1. The van der Waals surface area contributed by atoms with Crippen LogP contribution in [0.1, 0.15) is 18.9 Å². The minimum absolute atomic E-state index is 1.05. The molecule has 3 aromatic rings. The third-order valence-electron chi connectivity index (χ3n) is 3.50. The van der Waals surface area contributed by atoms with Gasteiger partial charge in [0.2, 0.25) is 0 Å². The molecule has 0 radical (unpaired) electrons. The summed E-state index contributed by atoms with van der Waals surface area (Å²) in [6.07, 6.45) is 2.31. The van der Waals surface area contributed by atoms with Crippen LogP contribution in [0, 0.1) is 0 Å². The summed E-state index contributed by atoms with van der Waals surface area (Å²) < 4.78 is 0. The van der Waals surface area contributed by atoms with Crippen LogP contribution in [0.3, 0.4) is 0 Å².